The van der Waals surface area contributed by atoms with Crippen LogP contribution in [-0.4, -0.2) is 38.7 Å². The lowest BCUT2D eigenvalue weighted by molar-refractivity contribution is 0.147. The van der Waals surface area contributed by atoms with Gasteiger partial charge in [0.2, 0.25) is 0 Å². The summed E-state index contributed by atoms with van der Waals surface area (Å²) < 4.78 is 21.2. The van der Waals surface area contributed by atoms with Crippen molar-refractivity contribution in [2.45, 2.75) is 19.4 Å². The molecule has 9 heteroatoms. The molecule has 1 aromatic carbocycles. The van der Waals surface area contributed by atoms with Crippen LogP contribution in [0.25, 0.3) is 15.8 Å². The molecule has 0 fully saturated rings. The van der Waals surface area contributed by atoms with E-state index in [9.17, 15) is 19.1 Å². The predicted octanol–water partition coefficient (Wildman–Crippen LogP) is 4.24. The van der Waals surface area contributed by atoms with Gasteiger partial charge in [-0.05, 0) is 54.1 Å². The van der Waals surface area contributed by atoms with Crippen LogP contribution in [0.4, 0.5) is 9.18 Å². The third kappa shape index (κ3) is 4.31. The first-order valence-corrected chi connectivity index (χ1v) is 11.3. The van der Waals surface area contributed by atoms with Crippen LogP contribution in [0.3, 0.4) is 0 Å². The Hall–Kier alpha value is -3.72. The van der Waals surface area contributed by atoms with E-state index in [2.05, 4.69) is 4.98 Å². The molecule has 7 nitrogen and oxygen atoms in total. The SMILES string of the molecule is O=C(O)N1CCc2sc3cc(-n4ccc(OCc5ccc(F)cn5)cc4=O)ccc3c2CC1. The summed E-state index contributed by atoms with van der Waals surface area (Å²) in [6, 6.07) is 11.9. The van der Waals surface area contributed by atoms with Crippen molar-refractivity contribution in [1.82, 2.24) is 14.5 Å². The van der Waals surface area contributed by atoms with Crippen LogP contribution in [0.2, 0.25) is 0 Å². The smallest absolute Gasteiger partial charge is 0.407 e. The zero-order valence-electron chi connectivity index (χ0n) is 17.5. The second-order valence-electron chi connectivity index (χ2n) is 7.78. The summed E-state index contributed by atoms with van der Waals surface area (Å²) in [5, 5.41) is 10.4. The van der Waals surface area contributed by atoms with Gasteiger partial charge in [-0.2, -0.15) is 0 Å². The average molecular weight is 466 g/mol. The van der Waals surface area contributed by atoms with Crippen LogP contribution >= 0.6 is 11.3 Å². The summed E-state index contributed by atoms with van der Waals surface area (Å²) >= 11 is 1.66. The molecule has 3 aromatic heterocycles. The molecule has 1 aliphatic heterocycles. The molecule has 5 rings (SSSR count). The fourth-order valence-corrected chi connectivity index (χ4v) is 5.29. The molecule has 0 radical (unpaired) electrons. The molecule has 33 heavy (non-hydrogen) atoms. The van der Waals surface area contributed by atoms with Crippen molar-refractivity contribution in [2.75, 3.05) is 13.1 Å². The molecule has 0 saturated heterocycles. The Morgan fingerprint density at radius 2 is 2.00 bits per heavy atom. The van der Waals surface area contributed by atoms with Crippen LogP contribution < -0.4 is 10.3 Å². The van der Waals surface area contributed by atoms with Gasteiger partial charge in [-0.25, -0.2) is 9.18 Å². The minimum absolute atomic E-state index is 0.135. The Morgan fingerprint density at radius 3 is 2.76 bits per heavy atom. The van der Waals surface area contributed by atoms with Crippen molar-refractivity contribution in [3.8, 4) is 11.4 Å². The maximum absolute atomic E-state index is 13.0. The number of ether oxygens (including phenoxy) is 1. The van der Waals surface area contributed by atoms with Gasteiger partial charge >= 0.3 is 6.09 Å². The molecule has 1 N–H and O–H groups in total. The number of thiophene rings is 1. The number of carboxylic acid groups (broad SMARTS) is 1. The second-order valence-corrected chi connectivity index (χ2v) is 8.92. The van der Waals surface area contributed by atoms with Crippen LogP contribution in [0.1, 0.15) is 16.1 Å². The Bertz CT molecular complexity index is 1400. The standard InChI is InChI=1S/C24H20FN3O4S/c25-15-1-2-16(26-13-15)14-32-18-5-10-28(23(29)12-18)17-3-4-19-20-6-8-27(24(30)31)9-7-21(20)33-22(19)11-17/h1-5,10-13H,6-9,14H2,(H,30,31). The molecule has 0 unspecified atom stereocenters. The Labute approximate surface area is 192 Å². The number of carbonyl (C=O) groups is 1. The lowest BCUT2D eigenvalue weighted by atomic mass is 10.1. The van der Waals surface area contributed by atoms with Gasteiger partial charge in [-0.1, -0.05) is 6.07 Å². The largest absolute Gasteiger partial charge is 0.487 e. The van der Waals surface area contributed by atoms with E-state index in [-0.39, 0.29) is 12.2 Å². The van der Waals surface area contributed by atoms with Crippen LogP contribution in [0.15, 0.2) is 59.7 Å². The number of rotatable bonds is 4. The zero-order valence-corrected chi connectivity index (χ0v) is 18.3. The van der Waals surface area contributed by atoms with E-state index in [0.717, 1.165) is 22.0 Å². The van der Waals surface area contributed by atoms with Crippen molar-refractivity contribution < 1.29 is 19.0 Å². The van der Waals surface area contributed by atoms with E-state index in [1.165, 1.54) is 33.5 Å². The number of pyridine rings is 2. The van der Waals surface area contributed by atoms with E-state index in [0.29, 0.717) is 37.4 Å². The van der Waals surface area contributed by atoms with E-state index >= 15 is 0 Å². The Morgan fingerprint density at radius 1 is 1.15 bits per heavy atom. The van der Waals surface area contributed by atoms with Gasteiger partial charge in [0.05, 0.1) is 17.6 Å². The quantitative estimate of drug-likeness (QED) is 0.487. The summed E-state index contributed by atoms with van der Waals surface area (Å²) in [6.45, 7) is 1.12. The number of aromatic nitrogens is 2. The maximum Gasteiger partial charge on any atom is 0.407 e. The average Bonchev–Trinajstić information content (AvgIpc) is 3.01. The normalized spacial score (nSPS) is 13.5. The monoisotopic (exact) mass is 465 g/mol. The number of hydrogen-bond acceptors (Lipinski definition) is 5. The summed E-state index contributed by atoms with van der Waals surface area (Å²) in [6.07, 6.45) is 3.30. The number of amides is 1. The number of hydrogen-bond donors (Lipinski definition) is 1. The molecule has 0 bridgehead atoms. The van der Waals surface area contributed by atoms with E-state index < -0.39 is 11.9 Å². The van der Waals surface area contributed by atoms with Crippen molar-refractivity contribution in [3.05, 3.63) is 87.2 Å². The molecule has 1 amide bonds. The molecule has 0 aliphatic carbocycles. The topological polar surface area (TPSA) is 84.7 Å². The van der Waals surface area contributed by atoms with Gasteiger partial charge in [0.25, 0.3) is 5.56 Å². The molecule has 4 heterocycles. The number of nitrogens with zero attached hydrogens (tertiary/aromatic N) is 3. The molecular formula is C24H20FN3O4S. The highest BCUT2D eigenvalue weighted by atomic mass is 32.1. The van der Waals surface area contributed by atoms with E-state index in [1.54, 1.807) is 28.2 Å². The number of fused-ring (bicyclic) bond motifs is 3. The van der Waals surface area contributed by atoms with Crippen molar-refractivity contribution >= 4 is 27.5 Å². The second kappa shape index (κ2) is 8.67. The zero-order chi connectivity index (χ0) is 22.9. The minimum Gasteiger partial charge on any atom is -0.487 e. The molecule has 1 aliphatic rings. The maximum atomic E-state index is 13.0. The first-order valence-electron chi connectivity index (χ1n) is 10.5. The van der Waals surface area contributed by atoms with E-state index in [4.69, 9.17) is 4.74 Å². The van der Waals surface area contributed by atoms with Crippen LogP contribution in [0.5, 0.6) is 5.75 Å². The molecule has 168 valence electrons. The lowest BCUT2D eigenvalue weighted by Crippen LogP contribution is -2.31. The van der Waals surface area contributed by atoms with E-state index in [1.807, 2.05) is 18.2 Å². The highest BCUT2D eigenvalue weighted by Crippen LogP contribution is 2.35. The highest BCUT2D eigenvalue weighted by Gasteiger charge is 2.21. The third-order valence-corrected chi connectivity index (χ3v) is 6.97. The van der Waals surface area contributed by atoms with Crippen molar-refractivity contribution in [1.29, 1.82) is 0 Å². The fourth-order valence-electron chi connectivity index (χ4n) is 4.01. The summed E-state index contributed by atoms with van der Waals surface area (Å²) in [4.78, 5) is 30.6. The Kier molecular flexibility index (Phi) is 5.55. The lowest BCUT2D eigenvalue weighted by Gasteiger charge is -2.15. The number of benzene rings is 1. The molecular weight excluding hydrogens is 445 g/mol. The first kappa shape index (κ1) is 21.1. The van der Waals surface area contributed by atoms with Gasteiger partial charge in [0.1, 0.15) is 18.2 Å². The Balaban J connectivity index is 1.36. The van der Waals surface area contributed by atoms with Gasteiger partial charge in [-0.3, -0.25) is 14.3 Å². The summed E-state index contributed by atoms with van der Waals surface area (Å²) in [5.74, 6) is -0.00280. The predicted molar refractivity (Wildman–Crippen MR) is 123 cm³/mol. The van der Waals surface area contributed by atoms with Gasteiger partial charge < -0.3 is 14.7 Å². The molecule has 4 aromatic rings. The number of halogens is 1. The van der Waals surface area contributed by atoms with Crippen LogP contribution in [0, 0.1) is 5.82 Å². The molecule has 0 spiro atoms. The highest BCUT2D eigenvalue weighted by molar-refractivity contribution is 7.19. The summed E-state index contributed by atoms with van der Waals surface area (Å²) in [5.41, 5.74) is 2.29. The molecule has 0 saturated carbocycles. The summed E-state index contributed by atoms with van der Waals surface area (Å²) in [7, 11) is 0. The van der Waals surface area contributed by atoms with Gasteiger partial charge in [-0.15, -0.1) is 11.3 Å². The van der Waals surface area contributed by atoms with Gasteiger partial charge in [0.15, 0.2) is 0 Å². The third-order valence-electron chi connectivity index (χ3n) is 5.72. The molecule has 0 atom stereocenters. The van der Waals surface area contributed by atoms with Crippen molar-refractivity contribution in [3.63, 3.8) is 0 Å². The first-order chi connectivity index (χ1) is 16.0. The van der Waals surface area contributed by atoms with Crippen LogP contribution in [-0.2, 0) is 19.4 Å². The van der Waals surface area contributed by atoms with Crippen molar-refractivity contribution in [2.24, 2.45) is 0 Å². The minimum atomic E-state index is -0.877. The van der Waals surface area contributed by atoms with Gasteiger partial charge in [0, 0.05) is 34.9 Å². The fraction of sp³-hybridized carbons (Fsp3) is 0.208.